The molecule has 508 valence electrons. The molecule has 6 amide bonds. The number of esters is 1. The molecule has 0 spiro atoms. The smallest absolute Gasteiger partial charge is 0.408 e. The number of benzene rings is 4. The highest BCUT2D eigenvalue weighted by atomic mass is 32.2. The number of nitrogens with one attached hydrogen (secondary N) is 6. The van der Waals surface area contributed by atoms with Gasteiger partial charge in [0.2, 0.25) is 29.4 Å². The molecule has 0 radical (unpaired) electrons. The summed E-state index contributed by atoms with van der Waals surface area (Å²) in [6.45, 7) is 16.9. The molecular formula is C63H85N9O20S. The molecule has 14 N–H and O–H groups in total. The molecule has 93 heavy (non-hydrogen) atoms. The normalized spacial score (nSPS) is 17.4. The molecule has 0 saturated carbocycles. The number of aromatic hydroxyl groups is 2. The Kier molecular flexibility index (Phi) is 27.6. The Morgan fingerprint density at radius 3 is 1.85 bits per heavy atom. The minimum absolute atomic E-state index is 0.0151. The maximum absolute atomic E-state index is 14.4. The zero-order valence-electron chi connectivity index (χ0n) is 53.5. The van der Waals surface area contributed by atoms with Crippen molar-refractivity contribution in [3.63, 3.8) is 0 Å². The molecule has 30 heteroatoms. The number of phenols is 2. The number of aliphatic carboxylic acids is 2. The number of ketones is 1. The van der Waals surface area contributed by atoms with Crippen LogP contribution in [0.25, 0.3) is 0 Å². The van der Waals surface area contributed by atoms with Crippen molar-refractivity contribution in [1.82, 2.24) is 31.5 Å². The standard InChI is InChI=1S/C42H59N7O12S.C13H17NO5.C8H9NO3/c1-8-11-30(35(52)38(54)44-23-33(51)46-34(40(56)61-42(5,6)7)26-14-16-27(17-15-26)48-62(43,57)58)45-37(53)31-22-29-24-49(31)39(55)36(41(2,3)4)47-32(50)21-25-12-9-13-28(20-25)59-18-10-19-60-29;1-13(2,3)19-12(18)14-10(11(16)17)8-4-6-9(15)7-5-8;9-7(8(11)12)5-1-3-6(10)4-2-5/h9,12-17,20,29-31,34,36,48H,8,10-11,18-19,21-24H2,1-7H3,(H,44,54)(H,45,53)(H,46,51)(H,47,50)(H2,43,57,58);4-7,10,15H,1-3H3,(H,14,18)(H,16,17);1-4,7,10H,9H2,(H,11,12)/t29-,30?,31+,34+,36-;10-;7-/m100/s1. The van der Waals surface area contributed by atoms with Gasteiger partial charge in [0.25, 0.3) is 16.1 Å². The number of phenolic OH excluding ortho intramolecular Hbond substituents is 2. The summed E-state index contributed by atoms with van der Waals surface area (Å²) in [6.07, 6.45) is -0.393. The first-order chi connectivity index (χ1) is 43.2. The van der Waals surface area contributed by atoms with Crippen LogP contribution in [0.4, 0.5) is 10.5 Å². The van der Waals surface area contributed by atoms with Gasteiger partial charge in [0.1, 0.15) is 46.6 Å². The van der Waals surface area contributed by atoms with Gasteiger partial charge in [-0.05, 0) is 124 Å². The van der Waals surface area contributed by atoms with Crippen molar-refractivity contribution in [3.05, 3.63) is 119 Å². The second kappa shape index (κ2) is 33.8. The molecule has 1 saturated heterocycles. The summed E-state index contributed by atoms with van der Waals surface area (Å²) in [5, 5.41) is 53.2. The maximum Gasteiger partial charge on any atom is 0.408 e. The number of fused-ring (bicyclic) bond motifs is 4. The molecule has 6 rings (SSSR count). The molecule has 1 unspecified atom stereocenters. The molecule has 0 aliphatic carbocycles. The molecule has 4 bridgehead atoms. The van der Waals surface area contributed by atoms with Gasteiger partial charge in [-0.3, -0.25) is 38.3 Å². The van der Waals surface area contributed by atoms with E-state index in [1.54, 1.807) is 93.5 Å². The van der Waals surface area contributed by atoms with Gasteiger partial charge in [0, 0.05) is 25.1 Å². The summed E-state index contributed by atoms with van der Waals surface area (Å²) in [5.41, 5.74) is 4.67. The van der Waals surface area contributed by atoms with Gasteiger partial charge in [-0.1, -0.05) is 82.6 Å². The van der Waals surface area contributed by atoms with Crippen molar-refractivity contribution in [2.45, 2.75) is 155 Å². The third-order valence-electron chi connectivity index (χ3n) is 13.4. The zero-order valence-corrected chi connectivity index (χ0v) is 54.3. The van der Waals surface area contributed by atoms with Crippen molar-refractivity contribution >= 4 is 75.2 Å². The average molecular weight is 1320 g/mol. The van der Waals surface area contributed by atoms with E-state index < -0.39 is 135 Å². The van der Waals surface area contributed by atoms with E-state index in [0.29, 0.717) is 41.9 Å². The van der Waals surface area contributed by atoms with Gasteiger partial charge in [-0.15, -0.1) is 0 Å². The molecule has 7 atom stereocenters. The highest BCUT2D eigenvalue weighted by Gasteiger charge is 2.46. The number of amides is 6. The second-order valence-electron chi connectivity index (χ2n) is 24.7. The minimum atomic E-state index is -4.08. The van der Waals surface area contributed by atoms with Crippen LogP contribution in [0.3, 0.4) is 0 Å². The Hall–Kier alpha value is -9.39. The largest absolute Gasteiger partial charge is 0.508 e. The first-order valence-electron chi connectivity index (χ1n) is 29.5. The van der Waals surface area contributed by atoms with Crippen molar-refractivity contribution in [1.29, 1.82) is 0 Å². The van der Waals surface area contributed by atoms with Crippen LogP contribution < -0.4 is 46.9 Å². The lowest BCUT2D eigenvalue weighted by molar-refractivity contribution is -0.159. The van der Waals surface area contributed by atoms with Gasteiger partial charge in [-0.25, -0.2) is 19.5 Å². The van der Waals surface area contributed by atoms with Crippen LogP contribution in [0, 0.1) is 5.41 Å². The summed E-state index contributed by atoms with van der Waals surface area (Å²) in [5.74, 6) is -7.18. The molecule has 4 aromatic carbocycles. The van der Waals surface area contributed by atoms with Crippen molar-refractivity contribution < 1.29 is 95.7 Å². The number of carbonyl (C=O) groups is 10. The van der Waals surface area contributed by atoms with Gasteiger partial charge in [0.05, 0.1) is 38.3 Å². The molecular weight excluding hydrogens is 1230 g/mol. The van der Waals surface area contributed by atoms with Crippen molar-refractivity contribution in [2.24, 2.45) is 16.3 Å². The lowest BCUT2D eigenvalue weighted by atomic mass is 9.85. The summed E-state index contributed by atoms with van der Waals surface area (Å²) in [7, 11) is -4.08. The van der Waals surface area contributed by atoms with E-state index in [0.717, 1.165) is 0 Å². The number of carboxylic acid groups (broad SMARTS) is 2. The van der Waals surface area contributed by atoms with E-state index in [4.69, 9.17) is 50.2 Å². The molecule has 2 heterocycles. The first-order valence-corrected chi connectivity index (χ1v) is 31.1. The monoisotopic (exact) mass is 1320 g/mol. The van der Waals surface area contributed by atoms with Crippen LogP contribution in [0.15, 0.2) is 97.1 Å². The van der Waals surface area contributed by atoms with E-state index in [-0.39, 0.29) is 55.2 Å². The minimum Gasteiger partial charge on any atom is -0.508 e. The topological polar surface area (TPSA) is 450 Å². The fourth-order valence-corrected chi connectivity index (χ4v) is 9.53. The fourth-order valence-electron chi connectivity index (χ4n) is 9.06. The molecule has 0 aromatic heterocycles. The van der Waals surface area contributed by atoms with E-state index in [9.17, 15) is 56.4 Å². The molecule has 1 fully saturated rings. The molecule has 4 aromatic rings. The zero-order chi connectivity index (χ0) is 69.8. The van der Waals surface area contributed by atoms with Gasteiger partial charge in [-0.2, -0.15) is 8.42 Å². The van der Waals surface area contributed by atoms with Gasteiger partial charge >= 0.3 is 24.0 Å². The van der Waals surface area contributed by atoms with Crippen LogP contribution in [-0.2, 0) is 74.0 Å². The number of rotatable bonds is 18. The van der Waals surface area contributed by atoms with Gasteiger partial charge in [0.15, 0.2) is 12.1 Å². The summed E-state index contributed by atoms with van der Waals surface area (Å²) in [4.78, 5) is 129. The number of nitrogens with two attached hydrogens (primary N) is 2. The SMILES string of the molecule is CC(C)(C)OC(=O)N[C@H](C(=O)O)c1ccc(O)cc1.CCCC(NC(=O)[C@@H]1C[C@@H]2CN1C(=O)[C@H](C(C)(C)C)NC(=O)Cc1cccc(c1)OCCCO2)C(=O)C(=O)NCC(=O)N[C@H](C(=O)OC(C)(C)C)c1ccc(NS(N)(=O)=O)cc1.N[C@H](C(=O)O)c1ccc(O)cc1. The number of anilines is 1. The molecule has 29 nitrogen and oxygen atoms in total. The number of Topliss-reactive ketones (excluding diaryl/α,β-unsaturated/α-hetero) is 1. The van der Waals surface area contributed by atoms with Crippen LogP contribution in [0.5, 0.6) is 17.2 Å². The van der Waals surface area contributed by atoms with E-state index >= 15 is 0 Å². The highest BCUT2D eigenvalue weighted by Crippen LogP contribution is 2.29. The number of carboxylic acids is 2. The van der Waals surface area contributed by atoms with Crippen LogP contribution in [0.2, 0.25) is 0 Å². The second-order valence-corrected chi connectivity index (χ2v) is 26.0. The summed E-state index contributed by atoms with van der Waals surface area (Å²) in [6, 6.07) is 16.6. The van der Waals surface area contributed by atoms with E-state index in [1.165, 1.54) is 77.7 Å². The predicted octanol–water partition coefficient (Wildman–Crippen LogP) is 3.83. The number of carbonyl (C=O) groups excluding carboxylic acids is 8. The molecule has 2 aliphatic heterocycles. The van der Waals surface area contributed by atoms with Crippen molar-refractivity contribution in [2.75, 3.05) is 31.0 Å². The van der Waals surface area contributed by atoms with Gasteiger partial charge < -0.3 is 76.6 Å². The Balaban J connectivity index is 0.000000480. The lowest BCUT2D eigenvalue weighted by Crippen LogP contribution is -2.59. The quantitative estimate of drug-likeness (QED) is 0.0497. The third-order valence-corrected chi connectivity index (χ3v) is 13.9. The number of nitrogens with zero attached hydrogens (tertiary/aromatic N) is 1. The number of ether oxygens (including phenoxy) is 4. The van der Waals surface area contributed by atoms with Crippen LogP contribution in [0.1, 0.15) is 135 Å². The fraction of sp³-hybridized carbons (Fsp3) is 0.460. The Morgan fingerprint density at radius 2 is 1.31 bits per heavy atom. The Labute approximate surface area is 539 Å². The Bertz CT molecular complexity index is 3390. The summed E-state index contributed by atoms with van der Waals surface area (Å²) >= 11 is 0. The lowest BCUT2D eigenvalue weighted by Gasteiger charge is -2.35. The Morgan fingerprint density at radius 1 is 0.742 bits per heavy atom. The van der Waals surface area contributed by atoms with Crippen LogP contribution in [-0.4, -0.2) is 155 Å². The van der Waals surface area contributed by atoms with E-state index in [1.807, 2.05) is 0 Å². The maximum atomic E-state index is 14.4. The van der Waals surface area contributed by atoms with Crippen molar-refractivity contribution in [3.8, 4) is 17.2 Å². The third kappa shape index (κ3) is 26.0. The number of hydrogen-bond donors (Lipinski definition) is 12. The predicted molar refractivity (Wildman–Crippen MR) is 337 cm³/mol. The first kappa shape index (κ1) is 76.1. The molecule has 2 aliphatic rings. The average Bonchev–Trinajstić information content (AvgIpc) is 1.74. The number of alkyl carbamates (subject to hydrolysis) is 1. The van der Waals surface area contributed by atoms with E-state index in [2.05, 4.69) is 31.3 Å². The highest BCUT2D eigenvalue weighted by molar-refractivity contribution is 7.90. The summed E-state index contributed by atoms with van der Waals surface area (Å²) < 4.78 is 47.4. The number of hydrogen-bond acceptors (Lipinski definition) is 19. The van der Waals surface area contributed by atoms with Crippen LogP contribution >= 0.6 is 0 Å².